The van der Waals surface area contributed by atoms with E-state index in [-0.39, 0.29) is 5.78 Å². The molecule has 106 valence electrons. The summed E-state index contributed by atoms with van der Waals surface area (Å²) in [6, 6.07) is 0. The first-order valence-electron chi connectivity index (χ1n) is 7.17. The molecule has 0 atom stereocenters. The van der Waals surface area contributed by atoms with Crippen molar-refractivity contribution in [2.75, 3.05) is 31.5 Å². The van der Waals surface area contributed by atoms with Crippen LogP contribution in [0.5, 0.6) is 0 Å². The standard InChI is InChI=1S/C14H23N3OS/c1-3-15-14-16-11(2)13(19-14)12(18)7-10-17-8-5-4-6-9-17/h3-10H2,1-2H3,(H,15,16). The fourth-order valence-corrected chi connectivity index (χ4v) is 3.44. The number of rotatable bonds is 6. The van der Waals surface area contributed by atoms with Gasteiger partial charge in [0.15, 0.2) is 10.9 Å². The Kier molecular flexibility index (Phi) is 5.34. The molecule has 1 N–H and O–H groups in total. The Morgan fingerprint density at radius 2 is 2.11 bits per heavy atom. The Hall–Kier alpha value is -0.940. The van der Waals surface area contributed by atoms with E-state index >= 15 is 0 Å². The van der Waals surface area contributed by atoms with E-state index in [2.05, 4.69) is 15.2 Å². The second-order valence-electron chi connectivity index (χ2n) is 5.04. The van der Waals surface area contributed by atoms with E-state index in [9.17, 15) is 4.79 Å². The monoisotopic (exact) mass is 281 g/mol. The fraction of sp³-hybridized carbons (Fsp3) is 0.714. The zero-order chi connectivity index (χ0) is 13.7. The predicted octanol–water partition coefficient (Wildman–Crippen LogP) is 2.94. The first-order chi connectivity index (χ1) is 9.20. The van der Waals surface area contributed by atoms with Gasteiger partial charge in [-0.05, 0) is 39.8 Å². The van der Waals surface area contributed by atoms with Gasteiger partial charge in [-0.15, -0.1) is 0 Å². The summed E-state index contributed by atoms with van der Waals surface area (Å²) in [5, 5.41) is 4.04. The van der Waals surface area contributed by atoms with Crippen LogP contribution in [-0.4, -0.2) is 41.8 Å². The number of carbonyl (C=O) groups is 1. The van der Waals surface area contributed by atoms with Crippen LogP contribution in [0.15, 0.2) is 0 Å². The molecule has 0 radical (unpaired) electrons. The average Bonchev–Trinajstić information content (AvgIpc) is 2.79. The van der Waals surface area contributed by atoms with Crippen LogP contribution in [0.4, 0.5) is 5.13 Å². The molecule has 0 aliphatic carbocycles. The number of Topliss-reactive ketones (excluding diaryl/α,β-unsaturated/α-hetero) is 1. The molecule has 0 unspecified atom stereocenters. The van der Waals surface area contributed by atoms with Crippen molar-refractivity contribution in [3.8, 4) is 0 Å². The highest BCUT2D eigenvalue weighted by Crippen LogP contribution is 2.24. The van der Waals surface area contributed by atoms with E-state index in [1.165, 1.54) is 30.6 Å². The zero-order valence-corrected chi connectivity index (χ0v) is 12.7. The molecular formula is C14H23N3OS. The molecule has 5 heteroatoms. The lowest BCUT2D eigenvalue weighted by Gasteiger charge is -2.25. The summed E-state index contributed by atoms with van der Waals surface area (Å²) >= 11 is 1.49. The number of anilines is 1. The highest BCUT2D eigenvalue weighted by Gasteiger charge is 2.17. The summed E-state index contributed by atoms with van der Waals surface area (Å²) in [7, 11) is 0. The second kappa shape index (κ2) is 7.01. The Morgan fingerprint density at radius 1 is 1.37 bits per heavy atom. The Labute approximate surface area is 119 Å². The van der Waals surface area contributed by atoms with Crippen LogP contribution in [0.25, 0.3) is 0 Å². The number of carbonyl (C=O) groups excluding carboxylic acids is 1. The highest BCUT2D eigenvalue weighted by molar-refractivity contribution is 7.17. The van der Waals surface area contributed by atoms with Gasteiger partial charge in [-0.2, -0.15) is 0 Å². The normalized spacial score (nSPS) is 16.5. The van der Waals surface area contributed by atoms with Gasteiger partial charge in [0.1, 0.15) is 0 Å². The molecule has 1 saturated heterocycles. The Balaban J connectivity index is 1.88. The molecule has 1 aliphatic rings. The van der Waals surface area contributed by atoms with Crippen LogP contribution in [0, 0.1) is 6.92 Å². The minimum Gasteiger partial charge on any atom is -0.362 e. The quantitative estimate of drug-likeness (QED) is 0.814. The van der Waals surface area contributed by atoms with Crippen molar-refractivity contribution in [3.05, 3.63) is 10.6 Å². The van der Waals surface area contributed by atoms with E-state index in [1.807, 2.05) is 13.8 Å². The molecule has 2 heterocycles. The van der Waals surface area contributed by atoms with Gasteiger partial charge in [0.2, 0.25) is 0 Å². The van der Waals surface area contributed by atoms with Crippen LogP contribution in [0.3, 0.4) is 0 Å². The number of nitrogens with one attached hydrogen (secondary N) is 1. The van der Waals surface area contributed by atoms with Gasteiger partial charge in [-0.1, -0.05) is 17.8 Å². The smallest absolute Gasteiger partial charge is 0.183 e. The van der Waals surface area contributed by atoms with Crippen LogP contribution >= 0.6 is 11.3 Å². The minimum atomic E-state index is 0.240. The van der Waals surface area contributed by atoms with Crippen LogP contribution in [0.1, 0.15) is 48.0 Å². The average molecular weight is 281 g/mol. The van der Waals surface area contributed by atoms with Crippen molar-refractivity contribution < 1.29 is 4.79 Å². The summed E-state index contributed by atoms with van der Waals surface area (Å²) in [6.07, 6.45) is 4.51. The van der Waals surface area contributed by atoms with Crippen molar-refractivity contribution in [3.63, 3.8) is 0 Å². The fourth-order valence-electron chi connectivity index (χ4n) is 2.44. The summed E-state index contributed by atoms with van der Waals surface area (Å²) in [5.74, 6) is 0.240. The molecule has 1 aromatic heterocycles. The number of aromatic nitrogens is 1. The summed E-state index contributed by atoms with van der Waals surface area (Å²) in [4.78, 5) is 19.9. The molecule has 0 aromatic carbocycles. The van der Waals surface area contributed by atoms with Gasteiger partial charge < -0.3 is 10.2 Å². The number of thiazole rings is 1. The number of hydrogen-bond acceptors (Lipinski definition) is 5. The first kappa shape index (κ1) is 14.5. The van der Waals surface area contributed by atoms with Crippen molar-refractivity contribution in [2.45, 2.75) is 39.5 Å². The minimum absolute atomic E-state index is 0.240. The molecule has 2 rings (SSSR count). The van der Waals surface area contributed by atoms with Crippen LogP contribution in [-0.2, 0) is 0 Å². The molecule has 0 amide bonds. The zero-order valence-electron chi connectivity index (χ0n) is 11.9. The maximum absolute atomic E-state index is 12.2. The lowest BCUT2D eigenvalue weighted by Crippen LogP contribution is -2.31. The highest BCUT2D eigenvalue weighted by atomic mass is 32.1. The molecule has 1 fully saturated rings. The summed E-state index contributed by atoms with van der Waals surface area (Å²) in [5.41, 5.74) is 0.865. The topological polar surface area (TPSA) is 45.2 Å². The third-order valence-electron chi connectivity index (χ3n) is 3.48. The van der Waals surface area contributed by atoms with Crippen molar-refractivity contribution in [2.24, 2.45) is 0 Å². The van der Waals surface area contributed by atoms with Gasteiger partial charge in [0, 0.05) is 19.5 Å². The Morgan fingerprint density at radius 3 is 2.79 bits per heavy atom. The number of nitrogens with zero attached hydrogens (tertiary/aromatic N) is 2. The third-order valence-corrected chi connectivity index (χ3v) is 4.64. The van der Waals surface area contributed by atoms with Crippen LogP contribution < -0.4 is 5.32 Å². The SMILES string of the molecule is CCNc1nc(C)c(C(=O)CCN2CCCCC2)s1. The molecule has 1 aromatic rings. The summed E-state index contributed by atoms with van der Waals surface area (Å²) < 4.78 is 0. The van der Waals surface area contributed by atoms with E-state index in [0.29, 0.717) is 6.42 Å². The van der Waals surface area contributed by atoms with Gasteiger partial charge in [0.25, 0.3) is 0 Å². The van der Waals surface area contributed by atoms with E-state index < -0.39 is 0 Å². The Bertz CT molecular complexity index is 424. The molecule has 1 aliphatic heterocycles. The maximum Gasteiger partial charge on any atom is 0.183 e. The predicted molar refractivity (Wildman–Crippen MR) is 80.3 cm³/mol. The van der Waals surface area contributed by atoms with E-state index in [4.69, 9.17) is 0 Å². The van der Waals surface area contributed by atoms with Crippen molar-refractivity contribution in [1.82, 2.24) is 9.88 Å². The first-order valence-corrected chi connectivity index (χ1v) is 7.99. The molecular weight excluding hydrogens is 258 g/mol. The molecule has 0 spiro atoms. The lowest BCUT2D eigenvalue weighted by molar-refractivity contribution is 0.0962. The van der Waals surface area contributed by atoms with Crippen molar-refractivity contribution >= 4 is 22.3 Å². The molecule has 4 nitrogen and oxygen atoms in total. The van der Waals surface area contributed by atoms with Crippen LogP contribution in [0.2, 0.25) is 0 Å². The maximum atomic E-state index is 12.2. The van der Waals surface area contributed by atoms with Gasteiger partial charge in [-0.3, -0.25) is 4.79 Å². The second-order valence-corrected chi connectivity index (χ2v) is 6.04. The number of ketones is 1. The number of aryl methyl sites for hydroxylation is 1. The molecule has 19 heavy (non-hydrogen) atoms. The number of likely N-dealkylation sites (tertiary alicyclic amines) is 1. The number of piperidine rings is 1. The number of hydrogen-bond donors (Lipinski definition) is 1. The lowest BCUT2D eigenvalue weighted by atomic mass is 10.1. The van der Waals surface area contributed by atoms with Crippen molar-refractivity contribution in [1.29, 1.82) is 0 Å². The molecule has 0 saturated carbocycles. The van der Waals surface area contributed by atoms with Gasteiger partial charge in [0.05, 0.1) is 10.6 Å². The largest absolute Gasteiger partial charge is 0.362 e. The van der Waals surface area contributed by atoms with E-state index in [0.717, 1.165) is 41.9 Å². The van der Waals surface area contributed by atoms with Gasteiger partial charge in [-0.25, -0.2) is 4.98 Å². The third kappa shape index (κ3) is 4.01. The summed E-state index contributed by atoms with van der Waals surface area (Å²) in [6.45, 7) is 8.00. The molecule has 0 bridgehead atoms. The van der Waals surface area contributed by atoms with Gasteiger partial charge >= 0.3 is 0 Å². The van der Waals surface area contributed by atoms with E-state index in [1.54, 1.807) is 0 Å².